The molecule has 0 aliphatic carbocycles. The number of amides is 3. The molecule has 0 aromatic heterocycles. The molecule has 7 nitrogen and oxygen atoms in total. The van der Waals surface area contributed by atoms with Crippen LogP contribution in [0.15, 0.2) is 48.5 Å². The third kappa shape index (κ3) is 4.74. The Morgan fingerprint density at radius 1 is 0.903 bits per heavy atom. The Morgan fingerprint density at radius 3 is 2.13 bits per heavy atom. The van der Waals surface area contributed by atoms with E-state index in [1.165, 1.54) is 12.1 Å². The van der Waals surface area contributed by atoms with E-state index in [4.69, 9.17) is 0 Å². The highest BCUT2D eigenvalue weighted by Gasteiger charge is 2.36. The number of hydrogen-bond acceptors (Lipinski definition) is 5. The number of rotatable bonds is 7. The summed E-state index contributed by atoms with van der Waals surface area (Å²) in [6.07, 6.45) is 0.782. The molecule has 31 heavy (non-hydrogen) atoms. The van der Waals surface area contributed by atoms with Gasteiger partial charge in [-0.05, 0) is 49.4 Å². The summed E-state index contributed by atoms with van der Waals surface area (Å²) in [5.41, 5.74) is 1.72. The van der Waals surface area contributed by atoms with Gasteiger partial charge in [0.2, 0.25) is 5.91 Å². The van der Waals surface area contributed by atoms with Crippen molar-refractivity contribution in [3.05, 3.63) is 65.5 Å². The van der Waals surface area contributed by atoms with Gasteiger partial charge < -0.3 is 10.2 Å². The van der Waals surface area contributed by atoms with E-state index in [-0.39, 0.29) is 18.3 Å². The molecule has 2 aliphatic rings. The van der Waals surface area contributed by atoms with Crippen LogP contribution in [-0.4, -0.2) is 73.3 Å². The van der Waals surface area contributed by atoms with Gasteiger partial charge in [0.05, 0.1) is 11.1 Å². The number of nitrogens with zero attached hydrogens (tertiary/aromatic N) is 3. The van der Waals surface area contributed by atoms with Crippen LogP contribution in [-0.2, 0) is 4.79 Å². The van der Waals surface area contributed by atoms with Gasteiger partial charge in [-0.1, -0.05) is 12.1 Å². The largest absolute Gasteiger partial charge is 0.369 e. The highest BCUT2D eigenvalue weighted by molar-refractivity contribution is 6.22. The number of fused-ring (bicyclic) bond motifs is 1. The minimum atomic E-state index is -0.422. The smallest absolute Gasteiger partial charge is 0.262 e. The van der Waals surface area contributed by atoms with Gasteiger partial charge in [0.15, 0.2) is 0 Å². The van der Waals surface area contributed by atoms with Crippen molar-refractivity contribution in [2.24, 2.45) is 0 Å². The average Bonchev–Trinajstić information content (AvgIpc) is 3.03. The van der Waals surface area contributed by atoms with Gasteiger partial charge in [-0.3, -0.25) is 24.2 Å². The first-order chi connectivity index (χ1) is 15.0. The van der Waals surface area contributed by atoms with E-state index in [1.807, 2.05) is 0 Å². The van der Waals surface area contributed by atoms with Gasteiger partial charge in [-0.15, -0.1) is 0 Å². The van der Waals surface area contributed by atoms with E-state index in [1.54, 1.807) is 36.4 Å². The van der Waals surface area contributed by atoms with Gasteiger partial charge >= 0.3 is 0 Å². The number of benzene rings is 2. The molecule has 0 spiro atoms. The fraction of sp³-hybridized carbons (Fsp3) is 0.348. The second-order valence-corrected chi connectivity index (χ2v) is 7.75. The third-order valence-electron chi connectivity index (χ3n) is 5.72. The lowest BCUT2D eigenvalue weighted by molar-refractivity contribution is -0.121. The lowest BCUT2D eigenvalue weighted by atomic mass is 10.1. The van der Waals surface area contributed by atoms with Gasteiger partial charge in [-0.25, -0.2) is 4.39 Å². The summed E-state index contributed by atoms with van der Waals surface area (Å²) < 4.78 is 13.1. The van der Waals surface area contributed by atoms with Crippen LogP contribution in [0.3, 0.4) is 0 Å². The molecule has 2 aromatic rings. The van der Waals surface area contributed by atoms with Crippen LogP contribution in [0.2, 0.25) is 0 Å². The molecule has 162 valence electrons. The van der Waals surface area contributed by atoms with Crippen molar-refractivity contribution < 1.29 is 18.8 Å². The first kappa shape index (κ1) is 21.0. The maximum absolute atomic E-state index is 13.1. The zero-order valence-corrected chi connectivity index (χ0v) is 17.2. The molecule has 1 fully saturated rings. The zero-order valence-electron chi connectivity index (χ0n) is 17.2. The lowest BCUT2D eigenvalue weighted by Gasteiger charge is -2.36. The SMILES string of the molecule is O=C(CN1C(=O)c2ccccc2C1=O)NCCCN1CCN(c2ccc(F)cc2)CC1. The highest BCUT2D eigenvalue weighted by Crippen LogP contribution is 2.22. The fourth-order valence-corrected chi connectivity index (χ4v) is 3.99. The predicted octanol–water partition coefficient (Wildman–Crippen LogP) is 1.75. The minimum absolute atomic E-state index is 0.229. The number of halogens is 1. The summed E-state index contributed by atoms with van der Waals surface area (Å²) in [5.74, 6) is -1.41. The number of carbonyl (C=O) groups is 3. The van der Waals surface area contributed by atoms with Gasteiger partial charge in [0, 0.05) is 38.4 Å². The second-order valence-electron chi connectivity index (χ2n) is 7.75. The lowest BCUT2D eigenvalue weighted by Crippen LogP contribution is -2.47. The van der Waals surface area contributed by atoms with Crippen LogP contribution in [0, 0.1) is 5.82 Å². The minimum Gasteiger partial charge on any atom is -0.369 e. The van der Waals surface area contributed by atoms with E-state index >= 15 is 0 Å². The number of nitrogens with one attached hydrogen (secondary N) is 1. The van der Waals surface area contributed by atoms with Crippen LogP contribution >= 0.6 is 0 Å². The van der Waals surface area contributed by atoms with Gasteiger partial charge in [-0.2, -0.15) is 0 Å². The predicted molar refractivity (Wildman–Crippen MR) is 114 cm³/mol. The first-order valence-electron chi connectivity index (χ1n) is 10.5. The summed E-state index contributed by atoms with van der Waals surface area (Å²) in [6.45, 7) is 4.63. The molecular formula is C23H25FN4O3. The van der Waals surface area contributed by atoms with Crippen molar-refractivity contribution in [2.45, 2.75) is 6.42 Å². The van der Waals surface area contributed by atoms with E-state index in [9.17, 15) is 18.8 Å². The van der Waals surface area contributed by atoms with Crippen LogP contribution in [0.5, 0.6) is 0 Å². The normalized spacial score (nSPS) is 16.5. The van der Waals surface area contributed by atoms with Crippen molar-refractivity contribution in [3.63, 3.8) is 0 Å². The molecule has 2 aliphatic heterocycles. The molecule has 0 unspecified atom stereocenters. The Morgan fingerprint density at radius 2 is 1.52 bits per heavy atom. The van der Waals surface area contributed by atoms with E-state index in [0.29, 0.717) is 17.7 Å². The summed E-state index contributed by atoms with van der Waals surface area (Å²) in [7, 11) is 0. The monoisotopic (exact) mass is 424 g/mol. The molecule has 2 heterocycles. The fourth-order valence-electron chi connectivity index (χ4n) is 3.99. The summed E-state index contributed by atoms with van der Waals surface area (Å²) >= 11 is 0. The maximum atomic E-state index is 13.1. The molecular weight excluding hydrogens is 399 g/mol. The van der Waals surface area contributed by atoms with Crippen molar-refractivity contribution in [3.8, 4) is 0 Å². The number of hydrogen-bond donors (Lipinski definition) is 1. The standard InChI is InChI=1S/C23H25FN4O3/c24-17-6-8-18(9-7-17)27-14-12-26(13-15-27)11-3-10-25-21(29)16-28-22(30)19-4-1-2-5-20(19)23(28)31/h1-2,4-9H,3,10-16H2,(H,25,29). The topological polar surface area (TPSA) is 73.0 Å². The van der Waals surface area contributed by atoms with E-state index in [2.05, 4.69) is 15.1 Å². The molecule has 0 atom stereocenters. The summed E-state index contributed by atoms with van der Waals surface area (Å²) in [5, 5.41) is 2.80. The van der Waals surface area contributed by atoms with Crippen LogP contribution in [0.4, 0.5) is 10.1 Å². The zero-order chi connectivity index (χ0) is 21.8. The van der Waals surface area contributed by atoms with Crippen molar-refractivity contribution in [1.82, 2.24) is 15.1 Å². The first-order valence-corrected chi connectivity index (χ1v) is 10.5. The van der Waals surface area contributed by atoms with Crippen LogP contribution in [0.25, 0.3) is 0 Å². The Kier molecular flexibility index (Phi) is 6.27. The molecule has 0 radical (unpaired) electrons. The second kappa shape index (κ2) is 9.26. The number of carbonyl (C=O) groups excluding carboxylic acids is 3. The number of anilines is 1. The van der Waals surface area contributed by atoms with Crippen LogP contribution in [0.1, 0.15) is 27.1 Å². The Balaban J connectivity index is 1.15. The highest BCUT2D eigenvalue weighted by atomic mass is 19.1. The molecule has 3 amide bonds. The summed E-state index contributed by atoms with van der Waals surface area (Å²) in [4.78, 5) is 42.4. The summed E-state index contributed by atoms with van der Waals surface area (Å²) in [6, 6.07) is 13.2. The molecule has 1 saturated heterocycles. The number of imide groups is 1. The molecule has 4 rings (SSSR count). The average molecular weight is 424 g/mol. The Bertz CT molecular complexity index is 936. The van der Waals surface area contributed by atoms with Crippen LogP contribution < -0.4 is 10.2 Å². The quantitative estimate of drug-likeness (QED) is 0.542. The van der Waals surface area contributed by atoms with Crippen molar-refractivity contribution in [2.75, 3.05) is 50.7 Å². The Labute approximate surface area is 180 Å². The van der Waals surface area contributed by atoms with Crippen molar-refractivity contribution in [1.29, 1.82) is 0 Å². The van der Waals surface area contributed by atoms with Gasteiger partial charge in [0.25, 0.3) is 11.8 Å². The molecule has 0 bridgehead atoms. The molecule has 2 aromatic carbocycles. The number of piperazine rings is 1. The van der Waals surface area contributed by atoms with E-state index < -0.39 is 11.8 Å². The third-order valence-corrected chi connectivity index (χ3v) is 5.72. The molecule has 8 heteroatoms. The Hall–Kier alpha value is -3.26. The van der Waals surface area contributed by atoms with Gasteiger partial charge in [0.1, 0.15) is 12.4 Å². The molecule has 1 N–H and O–H groups in total. The van der Waals surface area contributed by atoms with E-state index in [0.717, 1.165) is 49.7 Å². The maximum Gasteiger partial charge on any atom is 0.262 e. The molecule has 0 saturated carbocycles. The van der Waals surface area contributed by atoms with Crippen molar-refractivity contribution >= 4 is 23.4 Å².